The van der Waals surface area contributed by atoms with E-state index in [2.05, 4.69) is 10.1 Å². The molecule has 15 heavy (non-hydrogen) atoms. The molecule has 0 radical (unpaired) electrons. The van der Waals surface area contributed by atoms with Crippen molar-refractivity contribution in [3.05, 3.63) is 0 Å². The van der Waals surface area contributed by atoms with Crippen LogP contribution < -0.4 is 5.32 Å². The van der Waals surface area contributed by atoms with Gasteiger partial charge in [0.2, 0.25) is 0 Å². The van der Waals surface area contributed by atoms with Crippen LogP contribution in [0.4, 0.5) is 4.79 Å². The summed E-state index contributed by atoms with van der Waals surface area (Å²) >= 11 is 0. The molecule has 0 aromatic rings. The Hall–Kier alpha value is -0.770. The van der Waals surface area contributed by atoms with Gasteiger partial charge in [-0.25, -0.2) is 4.79 Å². The van der Waals surface area contributed by atoms with Crippen molar-refractivity contribution >= 4 is 6.09 Å². The maximum absolute atomic E-state index is 11.2. The molecule has 4 heteroatoms. The van der Waals surface area contributed by atoms with E-state index in [9.17, 15) is 4.79 Å². The Morgan fingerprint density at radius 3 is 2.47 bits per heavy atom. The van der Waals surface area contributed by atoms with Crippen molar-refractivity contribution in [2.45, 2.75) is 31.7 Å². The summed E-state index contributed by atoms with van der Waals surface area (Å²) in [5, 5.41) is 3.31. The third-order valence-electron chi connectivity index (χ3n) is 3.27. The number of carbonyl (C=O) groups is 1. The molecule has 1 aliphatic carbocycles. The molecule has 1 rings (SSSR count). The van der Waals surface area contributed by atoms with Gasteiger partial charge in [0.05, 0.1) is 7.11 Å². The molecule has 1 N–H and O–H groups in total. The minimum Gasteiger partial charge on any atom is -0.453 e. The number of rotatable bonds is 3. The van der Waals surface area contributed by atoms with Gasteiger partial charge in [0.1, 0.15) is 0 Å². The van der Waals surface area contributed by atoms with E-state index in [1.165, 1.54) is 32.8 Å². The highest BCUT2D eigenvalue weighted by Crippen LogP contribution is 2.24. The molecule has 0 aromatic carbocycles. The van der Waals surface area contributed by atoms with Gasteiger partial charge >= 0.3 is 6.09 Å². The predicted octanol–water partition coefficient (Wildman–Crippen LogP) is 1.46. The molecule has 0 aromatic heterocycles. The van der Waals surface area contributed by atoms with E-state index in [-0.39, 0.29) is 6.09 Å². The zero-order valence-corrected chi connectivity index (χ0v) is 9.95. The maximum atomic E-state index is 11.2. The third kappa shape index (κ3) is 3.70. The summed E-state index contributed by atoms with van der Waals surface area (Å²) in [5.74, 6) is 0.638. The van der Waals surface area contributed by atoms with Crippen LogP contribution in [0, 0.1) is 5.92 Å². The molecular formula is C11H22N2O2. The van der Waals surface area contributed by atoms with Gasteiger partial charge in [-0.2, -0.15) is 0 Å². The average Bonchev–Trinajstić information content (AvgIpc) is 2.29. The summed E-state index contributed by atoms with van der Waals surface area (Å²) in [6, 6.07) is 0.671. The lowest BCUT2D eigenvalue weighted by Gasteiger charge is -2.30. The van der Waals surface area contributed by atoms with E-state index in [0.717, 1.165) is 6.54 Å². The molecule has 0 atom stereocenters. The molecule has 88 valence electrons. The van der Waals surface area contributed by atoms with Crippen molar-refractivity contribution in [1.82, 2.24) is 10.2 Å². The van der Waals surface area contributed by atoms with Gasteiger partial charge in [-0.15, -0.1) is 0 Å². The van der Waals surface area contributed by atoms with E-state index in [1.807, 2.05) is 7.05 Å². The lowest BCUT2D eigenvalue weighted by Crippen LogP contribution is -2.36. The lowest BCUT2D eigenvalue weighted by atomic mass is 9.86. The molecule has 1 fully saturated rings. The number of nitrogens with one attached hydrogen (secondary N) is 1. The first-order valence-electron chi connectivity index (χ1n) is 5.63. The first kappa shape index (κ1) is 12.3. The summed E-state index contributed by atoms with van der Waals surface area (Å²) in [7, 11) is 5.25. The lowest BCUT2D eigenvalue weighted by molar-refractivity contribution is 0.121. The van der Waals surface area contributed by atoms with Crippen molar-refractivity contribution < 1.29 is 9.53 Å². The fourth-order valence-corrected chi connectivity index (χ4v) is 2.25. The van der Waals surface area contributed by atoms with E-state index in [4.69, 9.17) is 0 Å². The average molecular weight is 214 g/mol. The predicted molar refractivity (Wildman–Crippen MR) is 59.8 cm³/mol. The summed E-state index contributed by atoms with van der Waals surface area (Å²) in [4.78, 5) is 12.9. The highest BCUT2D eigenvalue weighted by Gasteiger charge is 2.22. The van der Waals surface area contributed by atoms with Crippen LogP contribution in [-0.4, -0.2) is 44.8 Å². The molecule has 1 saturated carbocycles. The normalized spacial score (nSPS) is 26.1. The molecule has 0 heterocycles. The van der Waals surface area contributed by atoms with Gasteiger partial charge in [-0.3, -0.25) is 0 Å². The zero-order valence-electron chi connectivity index (χ0n) is 9.95. The van der Waals surface area contributed by atoms with E-state index in [1.54, 1.807) is 11.9 Å². The van der Waals surface area contributed by atoms with Gasteiger partial charge in [-0.1, -0.05) is 0 Å². The molecule has 0 aliphatic heterocycles. The third-order valence-corrected chi connectivity index (χ3v) is 3.27. The van der Waals surface area contributed by atoms with E-state index >= 15 is 0 Å². The van der Waals surface area contributed by atoms with Gasteiger partial charge in [0.25, 0.3) is 0 Å². The monoisotopic (exact) mass is 214 g/mol. The van der Waals surface area contributed by atoms with Gasteiger partial charge in [-0.05, 0) is 38.6 Å². The minimum atomic E-state index is -0.231. The quantitative estimate of drug-likeness (QED) is 0.773. The van der Waals surface area contributed by atoms with Crippen LogP contribution in [0.25, 0.3) is 0 Å². The number of hydrogen-bond acceptors (Lipinski definition) is 3. The highest BCUT2D eigenvalue weighted by atomic mass is 16.5. The van der Waals surface area contributed by atoms with Crippen molar-refractivity contribution in [2.75, 3.05) is 27.7 Å². The van der Waals surface area contributed by atoms with Gasteiger partial charge in [0, 0.05) is 19.6 Å². The largest absolute Gasteiger partial charge is 0.453 e. The number of nitrogens with zero attached hydrogens (tertiary/aromatic N) is 1. The molecule has 0 saturated heterocycles. The molecule has 0 spiro atoms. The second-order valence-electron chi connectivity index (χ2n) is 4.36. The van der Waals surface area contributed by atoms with Crippen molar-refractivity contribution in [3.8, 4) is 0 Å². The Morgan fingerprint density at radius 2 is 2.00 bits per heavy atom. The summed E-state index contributed by atoms with van der Waals surface area (Å²) < 4.78 is 4.67. The second kappa shape index (κ2) is 5.95. The molecule has 1 aliphatic rings. The molecule has 0 bridgehead atoms. The Bertz CT molecular complexity index is 201. The second-order valence-corrected chi connectivity index (χ2v) is 4.36. The van der Waals surface area contributed by atoms with Gasteiger partial charge < -0.3 is 15.0 Å². The molecule has 0 unspecified atom stereocenters. The number of methoxy groups -OCH3 is 1. The topological polar surface area (TPSA) is 41.6 Å². The summed E-state index contributed by atoms with van der Waals surface area (Å²) in [6.45, 7) is 0.823. The number of carbonyl (C=O) groups excluding carboxylic acids is 1. The fourth-order valence-electron chi connectivity index (χ4n) is 2.25. The Kier molecular flexibility index (Phi) is 4.88. The molecular weight excluding hydrogens is 192 g/mol. The number of hydrogen-bond donors (Lipinski definition) is 1. The van der Waals surface area contributed by atoms with Crippen LogP contribution in [-0.2, 0) is 4.74 Å². The van der Waals surface area contributed by atoms with Crippen LogP contribution in [0.3, 0.4) is 0 Å². The van der Waals surface area contributed by atoms with Crippen LogP contribution in [0.15, 0.2) is 0 Å². The smallest absolute Gasteiger partial charge is 0.409 e. The standard InChI is InChI=1S/C11H22N2O2/c1-12-10-6-4-9(5-7-10)8-13(2)11(14)15-3/h9-10,12H,4-8H2,1-3H3. The fraction of sp³-hybridized carbons (Fsp3) is 0.909. The van der Waals surface area contributed by atoms with Crippen LogP contribution >= 0.6 is 0 Å². The minimum absolute atomic E-state index is 0.231. The summed E-state index contributed by atoms with van der Waals surface area (Å²) in [6.07, 6.45) is 4.61. The highest BCUT2D eigenvalue weighted by molar-refractivity contribution is 5.66. The van der Waals surface area contributed by atoms with Crippen LogP contribution in [0.2, 0.25) is 0 Å². The Morgan fingerprint density at radius 1 is 1.40 bits per heavy atom. The van der Waals surface area contributed by atoms with Gasteiger partial charge in [0.15, 0.2) is 0 Å². The maximum Gasteiger partial charge on any atom is 0.409 e. The van der Waals surface area contributed by atoms with Crippen LogP contribution in [0.5, 0.6) is 0 Å². The van der Waals surface area contributed by atoms with Crippen molar-refractivity contribution in [3.63, 3.8) is 0 Å². The Balaban J connectivity index is 2.26. The van der Waals surface area contributed by atoms with E-state index < -0.39 is 0 Å². The zero-order chi connectivity index (χ0) is 11.3. The number of ether oxygens (including phenoxy) is 1. The van der Waals surface area contributed by atoms with Crippen LogP contribution in [0.1, 0.15) is 25.7 Å². The SMILES string of the molecule is CNC1CCC(CN(C)C(=O)OC)CC1. The first-order valence-corrected chi connectivity index (χ1v) is 5.63. The first-order chi connectivity index (χ1) is 7.17. The summed E-state index contributed by atoms with van der Waals surface area (Å²) in [5.41, 5.74) is 0. The van der Waals surface area contributed by atoms with Crippen molar-refractivity contribution in [1.29, 1.82) is 0 Å². The van der Waals surface area contributed by atoms with E-state index in [0.29, 0.717) is 12.0 Å². The molecule has 4 nitrogen and oxygen atoms in total. The number of amides is 1. The van der Waals surface area contributed by atoms with Crippen molar-refractivity contribution in [2.24, 2.45) is 5.92 Å². The molecule has 1 amide bonds. The Labute approximate surface area is 92.0 Å².